The molecule has 1 aliphatic rings. The number of rotatable bonds is 3. The first-order valence-corrected chi connectivity index (χ1v) is 6.77. The number of aryl methyl sites for hydroxylation is 1. The molecule has 0 aromatic heterocycles. The van der Waals surface area contributed by atoms with Crippen LogP contribution in [-0.4, -0.2) is 19.3 Å². The van der Waals surface area contributed by atoms with Gasteiger partial charge in [-0.3, -0.25) is 0 Å². The second-order valence-electron chi connectivity index (χ2n) is 4.75. The van der Waals surface area contributed by atoms with Crippen molar-refractivity contribution < 1.29 is 4.74 Å². The van der Waals surface area contributed by atoms with Gasteiger partial charge in [-0.05, 0) is 53.9 Å². The van der Waals surface area contributed by atoms with Crippen LogP contribution in [-0.2, 0) is 4.74 Å². The third-order valence-corrected chi connectivity index (χ3v) is 4.07. The van der Waals surface area contributed by atoms with Crippen LogP contribution in [0, 0.1) is 12.8 Å². The Balaban J connectivity index is 2.09. The van der Waals surface area contributed by atoms with E-state index >= 15 is 0 Å². The molecular weight excluding hydrogens is 280 g/mol. The minimum absolute atomic E-state index is 0.414. The zero-order valence-electron chi connectivity index (χ0n) is 10.3. The van der Waals surface area contributed by atoms with E-state index in [0.717, 1.165) is 41.0 Å². The summed E-state index contributed by atoms with van der Waals surface area (Å²) in [5.41, 5.74) is 8.89. The second kappa shape index (κ2) is 5.27. The predicted molar refractivity (Wildman–Crippen MR) is 75.3 cm³/mol. The van der Waals surface area contributed by atoms with Crippen LogP contribution in [0.15, 0.2) is 16.6 Å². The van der Waals surface area contributed by atoms with Crippen LogP contribution in [0.1, 0.15) is 18.9 Å². The summed E-state index contributed by atoms with van der Waals surface area (Å²) in [5, 5.41) is 3.54. The molecule has 0 aliphatic carbocycles. The fourth-order valence-corrected chi connectivity index (χ4v) is 2.59. The minimum atomic E-state index is 0.414. The van der Waals surface area contributed by atoms with Gasteiger partial charge < -0.3 is 15.8 Å². The van der Waals surface area contributed by atoms with Crippen molar-refractivity contribution in [2.45, 2.75) is 26.3 Å². The van der Waals surface area contributed by atoms with Crippen LogP contribution in [0.3, 0.4) is 0 Å². The van der Waals surface area contributed by atoms with Gasteiger partial charge >= 0.3 is 0 Å². The number of nitrogen functional groups attached to an aromatic ring is 1. The van der Waals surface area contributed by atoms with E-state index in [2.05, 4.69) is 34.2 Å². The molecule has 1 saturated heterocycles. The maximum Gasteiger partial charge on any atom is 0.0514 e. The molecule has 17 heavy (non-hydrogen) atoms. The van der Waals surface area contributed by atoms with Gasteiger partial charge in [0.2, 0.25) is 0 Å². The number of ether oxygens (including phenoxy) is 1. The van der Waals surface area contributed by atoms with Crippen LogP contribution in [0.25, 0.3) is 0 Å². The maximum absolute atomic E-state index is 5.86. The van der Waals surface area contributed by atoms with E-state index in [1.165, 1.54) is 0 Å². The fraction of sp³-hybridized carbons (Fsp3) is 0.538. The largest absolute Gasteiger partial charge is 0.398 e. The predicted octanol–water partition coefficient (Wildman–Crippen LogP) is 3.18. The van der Waals surface area contributed by atoms with Crippen molar-refractivity contribution in [3.05, 3.63) is 22.2 Å². The summed E-state index contributed by atoms with van der Waals surface area (Å²) in [4.78, 5) is 0. The number of nitrogens with one attached hydrogen (secondary N) is 1. The first kappa shape index (κ1) is 12.7. The number of hydrogen-bond donors (Lipinski definition) is 2. The Kier molecular flexibility index (Phi) is 3.94. The van der Waals surface area contributed by atoms with Crippen LogP contribution in [0.4, 0.5) is 11.4 Å². The van der Waals surface area contributed by atoms with Gasteiger partial charge in [-0.1, -0.05) is 0 Å². The molecular formula is C13H19BrN2O. The number of halogens is 1. The topological polar surface area (TPSA) is 47.3 Å². The van der Waals surface area contributed by atoms with Crippen LogP contribution < -0.4 is 11.1 Å². The van der Waals surface area contributed by atoms with Gasteiger partial charge in [0.25, 0.3) is 0 Å². The molecule has 2 atom stereocenters. The molecule has 1 fully saturated rings. The van der Waals surface area contributed by atoms with Gasteiger partial charge in [0.1, 0.15) is 0 Å². The van der Waals surface area contributed by atoms with Crippen LogP contribution in [0.2, 0.25) is 0 Å². The van der Waals surface area contributed by atoms with E-state index in [4.69, 9.17) is 10.5 Å². The Bertz CT molecular complexity index is 403. The zero-order chi connectivity index (χ0) is 12.4. The summed E-state index contributed by atoms with van der Waals surface area (Å²) >= 11 is 3.54. The molecule has 3 N–H and O–H groups in total. The lowest BCUT2D eigenvalue weighted by Crippen LogP contribution is -2.26. The van der Waals surface area contributed by atoms with Crippen molar-refractivity contribution in [2.75, 3.05) is 24.3 Å². The van der Waals surface area contributed by atoms with E-state index in [9.17, 15) is 0 Å². The molecule has 0 bridgehead atoms. The summed E-state index contributed by atoms with van der Waals surface area (Å²) in [6.07, 6.45) is 1.14. The van der Waals surface area contributed by atoms with E-state index in [-0.39, 0.29) is 0 Å². The van der Waals surface area contributed by atoms with Gasteiger partial charge in [0.05, 0.1) is 6.61 Å². The lowest BCUT2D eigenvalue weighted by atomic mass is 10.0. The van der Waals surface area contributed by atoms with Crippen molar-refractivity contribution >= 4 is 27.3 Å². The first-order chi connectivity index (χ1) is 8.08. The number of benzene rings is 1. The third-order valence-electron chi connectivity index (χ3n) is 3.41. The molecule has 1 heterocycles. The fourth-order valence-electron chi connectivity index (χ4n) is 2.12. The average molecular weight is 299 g/mol. The van der Waals surface area contributed by atoms with E-state index < -0.39 is 0 Å². The van der Waals surface area contributed by atoms with E-state index in [1.54, 1.807) is 0 Å². The molecule has 0 saturated carbocycles. The standard InChI is InChI=1S/C13H19BrN2O/c1-8-5-13(11(14)6-12(8)15)16-9(2)10-3-4-17-7-10/h5-6,9-10,16H,3-4,7,15H2,1-2H3. The van der Waals surface area contributed by atoms with Gasteiger partial charge in [-0.2, -0.15) is 0 Å². The summed E-state index contributed by atoms with van der Waals surface area (Å²) < 4.78 is 6.44. The molecule has 1 aromatic carbocycles. The highest BCUT2D eigenvalue weighted by Gasteiger charge is 2.22. The summed E-state index contributed by atoms with van der Waals surface area (Å²) in [6, 6.07) is 4.46. The summed E-state index contributed by atoms with van der Waals surface area (Å²) in [7, 11) is 0. The number of hydrogen-bond acceptors (Lipinski definition) is 3. The Morgan fingerprint density at radius 2 is 2.29 bits per heavy atom. The highest BCUT2D eigenvalue weighted by Crippen LogP contribution is 2.30. The summed E-state index contributed by atoms with van der Waals surface area (Å²) in [5.74, 6) is 0.597. The highest BCUT2D eigenvalue weighted by atomic mass is 79.9. The molecule has 0 amide bonds. The van der Waals surface area contributed by atoms with Crippen LogP contribution >= 0.6 is 15.9 Å². The Morgan fingerprint density at radius 3 is 2.94 bits per heavy atom. The molecule has 4 heteroatoms. The lowest BCUT2D eigenvalue weighted by molar-refractivity contribution is 0.183. The maximum atomic E-state index is 5.86. The molecule has 94 valence electrons. The van der Waals surface area contributed by atoms with Crippen molar-refractivity contribution in [2.24, 2.45) is 5.92 Å². The van der Waals surface area contributed by atoms with Crippen molar-refractivity contribution in [1.82, 2.24) is 0 Å². The zero-order valence-corrected chi connectivity index (χ0v) is 11.9. The molecule has 1 aromatic rings. The molecule has 3 nitrogen and oxygen atoms in total. The number of anilines is 2. The smallest absolute Gasteiger partial charge is 0.0514 e. The second-order valence-corrected chi connectivity index (χ2v) is 5.60. The average Bonchev–Trinajstić information content (AvgIpc) is 2.79. The normalized spacial score (nSPS) is 21.5. The van der Waals surface area contributed by atoms with Gasteiger partial charge in [0.15, 0.2) is 0 Å². The Hall–Kier alpha value is -0.740. The van der Waals surface area contributed by atoms with Crippen molar-refractivity contribution in [1.29, 1.82) is 0 Å². The SMILES string of the molecule is Cc1cc(NC(C)C2CCOC2)c(Br)cc1N. The van der Waals surface area contributed by atoms with Gasteiger partial charge in [-0.25, -0.2) is 0 Å². The lowest BCUT2D eigenvalue weighted by Gasteiger charge is -2.22. The summed E-state index contributed by atoms with van der Waals surface area (Å²) in [6.45, 7) is 5.98. The first-order valence-electron chi connectivity index (χ1n) is 5.98. The molecule has 0 spiro atoms. The monoisotopic (exact) mass is 298 g/mol. The van der Waals surface area contributed by atoms with Crippen molar-refractivity contribution in [3.63, 3.8) is 0 Å². The highest BCUT2D eigenvalue weighted by molar-refractivity contribution is 9.10. The molecule has 0 radical (unpaired) electrons. The Morgan fingerprint density at radius 1 is 1.53 bits per heavy atom. The van der Waals surface area contributed by atoms with E-state index in [1.807, 2.05) is 13.0 Å². The van der Waals surface area contributed by atoms with E-state index in [0.29, 0.717) is 12.0 Å². The van der Waals surface area contributed by atoms with Crippen LogP contribution in [0.5, 0.6) is 0 Å². The molecule has 1 aliphatic heterocycles. The number of nitrogens with two attached hydrogens (primary N) is 1. The Labute approximate surface area is 111 Å². The minimum Gasteiger partial charge on any atom is -0.398 e. The van der Waals surface area contributed by atoms with Crippen molar-refractivity contribution in [3.8, 4) is 0 Å². The quantitative estimate of drug-likeness (QED) is 0.843. The van der Waals surface area contributed by atoms with Gasteiger partial charge in [-0.15, -0.1) is 0 Å². The molecule has 2 unspecified atom stereocenters. The third kappa shape index (κ3) is 2.93. The van der Waals surface area contributed by atoms with Gasteiger partial charge in [0, 0.05) is 34.4 Å². The molecule has 2 rings (SSSR count).